The molecule has 2 aromatic carbocycles. The lowest BCUT2D eigenvalue weighted by molar-refractivity contribution is 0.0897. The number of aromatic nitrogens is 4. The molecule has 1 saturated heterocycles. The fraction of sp³-hybridized carbons (Fsp3) is 0.364. The zero-order valence-electron chi connectivity index (χ0n) is 17.2. The first-order chi connectivity index (χ1) is 15.0. The van der Waals surface area contributed by atoms with Crippen molar-refractivity contribution in [1.82, 2.24) is 25.1 Å². The summed E-state index contributed by atoms with van der Waals surface area (Å²) >= 11 is 12.1. The van der Waals surface area contributed by atoms with E-state index in [1.165, 1.54) is 0 Å². The number of tetrazole rings is 1. The van der Waals surface area contributed by atoms with Crippen LogP contribution in [0.25, 0.3) is 0 Å². The predicted molar refractivity (Wildman–Crippen MR) is 118 cm³/mol. The molecule has 0 aliphatic carbocycles. The van der Waals surface area contributed by atoms with Gasteiger partial charge in [0, 0.05) is 13.1 Å². The van der Waals surface area contributed by atoms with Gasteiger partial charge in [-0.3, -0.25) is 0 Å². The molecule has 9 heteroatoms. The molecular weight excluding hydrogens is 437 g/mol. The van der Waals surface area contributed by atoms with Gasteiger partial charge in [-0.2, -0.15) is 4.80 Å². The number of carbonyl (C=O) groups is 1. The number of hydrogen-bond donors (Lipinski definition) is 0. The zero-order chi connectivity index (χ0) is 21.8. The number of carbonyl (C=O) groups excluding carboxylic acids is 1. The molecule has 1 aliphatic rings. The van der Waals surface area contributed by atoms with E-state index in [-0.39, 0.29) is 6.09 Å². The maximum atomic E-state index is 12.2. The van der Waals surface area contributed by atoms with E-state index in [4.69, 9.17) is 33.0 Å². The van der Waals surface area contributed by atoms with E-state index in [9.17, 15) is 4.79 Å². The summed E-state index contributed by atoms with van der Waals surface area (Å²) in [7, 11) is 0. The second-order valence-electron chi connectivity index (χ2n) is 7.53. The van der Waals surface area contributed by atoms with Crippen LogP contribution in [0.2, 0.25) is 10.0 Å². The van der Waals surface area contributed by atoms with Crippen LogP contribution in [0, 0.1) is 0 Å². The molecule has 0 N–H and O–H groups in total. The average Bonchev–Trinajstić information content (AvgIpc) is 3.26. The predicted octanol–water partition coefficient (Wildman–Crippen LogP) is 4.57. The van der Waals surface area contributed by atoms with Crippen LogP contribution in [0.3, 0.4) is 0 Å². The SMILES string of the molecule is CCOC(=O)N1CCC(c2ccccc2)(c2nnn(Cc3ccc(Cl)c(Cl)c3)n2)CC1. The van der Waals surface area contributed by atoms with Crippen LogP contribution >= 0.6 is 23.2 Å². The molecule has 162 valence electrons. The van der Waals surface area contributed by atoms with Gasteiger partial charge in [-0.25, -0.2) is 4.79 Å². The third-order valence-electron chi connectivity index (χ3n) is 5.66. The summed E-state index contributed by atoms with van der Waals surface area (Å²) in [5, 5.41) is 14.4. The minimum Gasteiger partial charge on any atom is -0.450 e. The van der Waals surface area contributed by atoms with Gasteiger partial charge in [0.15, 0.2) is 5.82 Å². The highest BCUT2D eigenvalue weighted by Gasteiger charge is 2.42. The number of benzene rings is 2. The summed E-state index contributed by atoms with van der Waals surface area (Å²) in [5.41, 5.74) is 1.64. The third kappa shape index (κ3) is 4.52. The topological polar surface area (TPSA) is 73.1 Å². The van der Waals surface area contributed by atoms with E-state index in [0.29, 0.717) is 55.0 Å². The van der Waals surface area contributed by atoms with E-state index < -0.39 is 5.41 Å². The van der Waals surface area contributed by atoms with Crippen molar-refractivity contribution in [1.29, 1.82) is 0 Å². The van der Waals surface area contributed by atoms with Gasteiger partial charge in [0.05, 0.1) is 28.6 Å². The molecule has 0 saturated carbocycles. The maximum absolute atomic E-state index is 12.2. The lowest BCUT2D eigenvalue weighted by atomic mass is 9.72. The number of piperidine rings is 1. The van der Waals surface area contributed by atoms with Crippen LogP contribution in [-0.2, 0) is 16.7 Å². The maximum Gasteiger partial charge on any atom is 0.409 e. The van der Waals surface area contributed by atoms with Crippen molar-refractivity contribution in [3.63, 3.8) is 0 Å². The summed E-state index contributed by atoms with van der Waals surface area (Å²) in [5.74, 6) is 0.655. The Labute approximate surface area is 190 Å². The molecule has 0 radical (unpaired) electrons. The van der Waals surface area contributed by atoms with Gasteiger partial charge in [-0.1, -0.05) is 59.6 Å². The highest BCUT2D eigenvalue weighted by atomic mass is 35.5. The second kappa shape index (κ2) is 9.24. The first kappa shape index (κ1) is 21.6. The quantitative estimate of drug-likeness (QED) is 0.558. The Balaban J connectivity index is 1.60. The number of nitrogens with zero attached hydrogens (tertiary/aromatic N) is 5. The Bertz CT molecular complexity index is 1050. The van der Waals surface area contributed by atoms with Crippen LogP contribution in [0.4, 0.5) is 4.79 Å². The molecule has 31 heavy (non-hydrogen) atoms. The van der Waals surface area contributed by atoms with Crippen molar-refractivity contribution in [3.8, 4) is 0 Å². The van der Waals surface area contributed by atoms with Crippen molar-refractivity contribution >= 4 is 29.3 Å². The fourth-order valence-electron chi connectivity index (χ4n) is 3.99. The third-order valence-corrected chi connectivity index (χ3v) is 6.40. The summed E-state index contributed by atoms with van der Waals surface area (Å²) in [6, 6.07) is 15.6. The molecule has 0 atom stereocenters. The highest BCUT2D eigenvalue weighted by Crippen LogP contribution is 2.40. The normalized spacial score (nSPS) is 15.6. The van der Waals surface area contributed by atoms with E-state index >= 15 is 0 Å². The van der Waals surface area contributed by atoms with Gasteiger partial charge < -0.3 is 9.64 Å². The van der Waals surface area contributed by atoms with Crippen LogP contribution in [0.5, 0.6) is 0 Å². The van der Waals surface area contributed by atoms with Gasteiger partial charge in [0.2, 0.25) is 0 Å². The average molecular weight is 460 g/mol. The molecular formula is C22H23Cl2N5O2. The number of rotatable bonds is 5. The van der Waals surface area contributed by atoms with Gasteiger partial charge >= 0.3 is 6.09 Å². The first-order valence-electron chi connectivity index (χ1n) is 10.2. The minimum atomic E-state index is -0.417. The van der Waals surface area contributed by atoms with E-state index in [2.05, 4.69) is 22.4 Å². The Morgan fingerprint density at radius 2 is 1.84 bits per heavy atom. The van der Waals surface area contributed by atoms with Gasteiger partial charge in [0.25, 0.3) is 0 Å². The molecule has 0 unspecified atom stereocenters. The van der Waals surface area contributed by atoms with E-state index in [0.717, 1.165) is 11.1 Å². The summed E-state index contributed by atoms with van der Waals surface area (Å²) in [6.07, 6.45) is 1.10. The Morgan fingerprint density at radius 1 is 1.10 bits per heavy atom. The Morgan fingerprint density at radius 3 is 2.52 bits per heavy atom. The standard InChI is InChI=1S/C22H23Cl2N5O2/c1-2-31-21(30)28-12-10-22(11-13-28,17-6-4-3-5-7-17)20-25-27-29(26-20)15-16-8-9-18(23)19(24)14-16/h3-9,14H,2,10-13,15H2,1H3. The number of halogens is 2. The molecule has 3 aromatic rings. The molecule has 4 rings (SSSR count). The van der Waals surface area contributed by atoms with Gasteiger partial charge in [-0.05, 0) is 48.2 Å². The number of likely N-dealkylation sites (tertiary alicyclic amines) is 1. The molecule has 1 amide bonds. The summed E-state index contributed by atoms with van der Waals surface area (Å²) in [4.78, 5) is 15.5. The molecule has 1 aliphatic heterocycles. The van der Waals surface area contributed by atoms with Crippen molar-refractivity contribution < 1.29 is 9.53 Å². The minimum absolute atomic E-state index is 0.277. The molecule has 1 fully saturated rings. The molecule has 1 aromatic heterocycles. The van der Waals surface area contributed by atoms with Gasteiger partial charge in [-0.15, -0.1) is 10.2 Å². The number of ether oxygens (including phenoxy) is 1. The number of amides is 1. The van der Waals surface area contributed by atoms with E-state index in [1.807, 2.05) is 31.2 Å². The van der Waals surface area contributed by atoms with Gasteiger partial charge in [0.1, 0.15) is 0 Å². The number of hydrogen-bond acceptors (Lipinski definition) is 5. The molecule has 0 bridgehead atoms. The lowest BCUT2D eigenvalue weighted by Gasteiger charge is -2.39. The van der Waals surface area contributed by atoms with Crippen LogP contribution < -0.4 is 0 Å². The molecule has 2 heterocycles. The van der Waals surface area contributed by atoms with Crippen molar-refractivity contribution in [2.75, 3.05) is 19.7 Å². The Kier molecular flexibility index (Phi) is 6.43. The summed E-state index contributed by atoms with van der Waals surface area (Å²) < 4.78 is 5.17. The second-order valence-corrected chi connectivity index (χ2v) is 8.34. The summed E-state index contributed by atoms with van der Waals surface area (Å²) in [6.45, 7) is 3.74. The van der Waals surface area contributed by atoms with Crippen molar-refractivity contribution in [2.45, 2.75) is 31.7 Å². The smallest absolute Gasteiger partial charge is 0.409 e. The van der Waals surface area contributed by atoms with Crippen molar-refractivity contribution in [2.24, 2.45) is 0 Å². The first-order valence-corrected chi connectivity index (χ1v) is 11.0. The van der Waals surface area contributed by atoms with Crippen molar-refractivity contribution in [3.05, 3.63) is 75.5 Å². The zero-order valence-corrected chi connectivity index (χ0v) is 18.7. The Hall–Kier alpha value is -2.64. The van der Waals surface area contributed by atoms with Crippen LogP contribution in [0.1, 0.15) is 36.7 Å². The lowest BCUT2D eigenvalue weighted by Crippen LogP contribution is -2.46. The fourth-order valence-corrected chi connectivity index (χ4v) is 4.31. The molecule has 0 spiro atoms. The van der Waals surface area contributed by atoms with Crippen LogP contribution in [0.15, 0.2) is 48.5 Å². The monoisotopic (exact) mass is 459 g/mol. The highest BCUT2D eigenvalue weighted by molar-refractivity contribution is 6.42. The van der Waals surface area contributed by atoms with E-state index in [1.54, 1.807) is 21.8 Å². The largest absolute Gasteiger partial charge is 0.450 e. The molecule has 7 nitrogen and oxygen atoms in total. The van der Waals surface area contributed by atoms with Crippen LogP contribution in [-0.4, -0.2) is 50.9 Å².